The summed E-state index contributed by atoms with van der Waals surface area (Å²) in [6.45, 7) is 5.93. The molecule has 0 N–H and O–H groups in total. The molecule has 1 aliphatic heterocycles. The molecule has 0 fully saturated rings. The Bertz CT molecular complexity index is 419. The van der Waals surface area contributed by atoms with Crippen LogP contribution in [0.25, 0.3) is 0 Å². The quantitative estimate of drug-likeness (QED) is 0.766. The minimum absolute atomic E-state index is 0.177. The van der Waals surface area contributed by atoms with E-state index in [9.17, 15) is 4.79 Å². The molecule has 4 nitrogen and oxygen atoms in total. The summed E-state index contributed by atoms with van der Waals surface area (Å²) in [5.41, 5.74) is 1.12. The molecule has 0 amide bonds. The Hall–Kier alpha value is -1.55. The van der Waals surface area contributed by atoms with Crippen LogP contribution in [0.2, 0.25) is 0 Å². The second kappa shape index (κ2) is 5.87. The predicted molar refractivity (Wildman–Crippen MR) is 68.4 cm³/mol. The molecule has 0 aromatic heterocycles. The van der Waals surface area contributed by atoms with Crippen LogP contribution in [0.4, 0.5) is 0 Å². The fourth-order valence-electron chi connectivity index (χ4n) is 2.05. The van der Waals surface area contributed by atoms with Gasteiger partial charge in [0, 0.05) is 18.2 Å². The van der Waals surface area contributed by atoms with Gasteiger partial charge in [-0.15, -0.1) is 0 Å². The molecule has 0 saturated carbocycles. The highest BCUT2D eigenvalue weighted by Gasteiger charge is 2.23. The number of carbonyl (C=O) groups excluding carboxylic acids is 1. The molecule has 0 unspecified atom stereocenters. The fourth-order valence-corrected chi connectivity index (χ4v) is 2.05. The van der Waals surface area contributed by atoms with E-state index in [2.05, 4.69) is 11.8 Å². The third-order valence-corrected chi connectivity index (χ3v) is 3.09. The summed E-state index contributed by atoms with van der Waals surface area (Å²) in [6, 6.07) is 8.15. The molecule has 18 heavy (non-hydrogen) atoms. The molecule has 1 aromatic rings. The van der Waals surface area contributed by atoms with Crippen molar-refractivity contribution in [1.29, 1.82) is 0 Å². The monoisotopic (exact) mass is 249 g/mol. The molecule has 0 spiro atoms. The highest BCUT2D eigenvalue weighted by molar-refractivity contribution is 5.71. The summed E-state index contributed by atoms with van der Waals surface area (Å²) in [5.74, 6) is 0.736. The van der Waals surface area contributed by atoms with Gasteiger partial charge in [0.2, 0.25) is 0 Å². The Morgan fingerprint density at radius 2 is 2.28 bits per heavy atom. The number of ether oxygens (including phenoxy) is 2. The summed E-state index contributed by atoms with van der Waals surface area (Å²) >= 11 is 0. The van der Waals surface area contributed by atoms with Crippen LogP contribution in [0.3, 0.4) is 0 Å². The van der Waals surface area contributed by atoms with Crippen molar-refractivity contribution < 1.29 is 14.3 Å². The first-order chi connectivity index (χ1) is 8.70. The molecule has 1 atom stereocenters. The summed E-state index contributed by atoms with van der Waals surface area (Å²) in [6.07, 6.45) is 0. The molecular formula is C14H19NO3. The zero-order chi connectivity index (χ0) is 13.0. The van der Waals surface area contributed by atoms with Crippen molar-refractivity contribution in [3.05, 3.63) is 29.8 Å². The van der Waals surface area contributed by atoms with Gasteiger partial charge < -0.3 is 9.47 Å². The summed E-state index contributed by atoms with van der Waals surface area (Å²) < 4.78 is 10.7. The Morgan fingerprint density at radius 3 is 3.06 bits per heavy atom. The number of carbonyl (C=O) groups is 1. The van der Waals surface area contributed by atoms with Gasteiger partial charge in [-0.1, -0.05) is 18.2 Å². The van der Waals surface area contributed by atoms with E-state index in [-0.39, 0.29) is 12.0 Å². The van der Waals surface area contributed by atoms with Gasteiger partial charge in [-0.2, -0.15) is 0 Å². The van der Waals surface area contributed by atoms with E-state index in [1.165, 1.54) is 0 Å². The third-order valence-electron chi connectivity index (χ3n) is 3.09. The second-order valence-corrected chi connectivity index (χ2v) is 4.48. The Balaban J connectivity index is 2.09. The number of benzene rings is 1. The van der Waals surface area contributed by atoms with Crippen LogP contribution in [-0.4, -0.2) is 36.7 Å². The number of hydrogen-bond donors (Lipinski definition) is 0. The number of fused-ring (bicyclic) bond motifs is 1. The summed E-state index contributed by atoms with van der Waals surface area (Å²) in [7, 11) is 0. The van der Waals surface area contributed by atoms with Gasteiger partial charge in [0.05, 0.1) is 13.2 Å². The molecule has 1 heterocycles. The first-order valence-corrected chi connectivity index (χ1v) is 6.31. The van der Waals surface area contributed by atoms with Gasteiger partial charge in [0.1, 0.15) is 12.4 Å². The third kappa shape index (κ3) is 3.01. The van der Waals surface area contributed by atoms with E-state index in [0.717, 1.165) is 17.9 Å². The largest absolute Gasteiger partial charge is 0.492 e. The van der Waals surface area contributed by atoms with Crippen molar-refractivity contribution in [1.82, 2.24) is 4.90 Å². The van der Waals surface area contributed by atoms with Crippen LogP contribution in [-0.2, 0) is 16.1 Å². The van der Waals surface area contributed by atoms with Crippen molar-refractivity contribution in [2.75, 3.05) is 19.8 Å². The van der Waals surface area contributed by atoms with Crippen LogP contribution >= 0.6 is 0 Å². The van der Waals surface area contributed by atoms with Crippen LogP contribution < -0.4 is 4.74 Å². The minimum atomic E-state index is -0.177. The molecule has 2 rings (SSSR count). The standard InChI is InChI=1S/C14H19NO3/c1-3-17-14(16)9-15-8-12-6-4-5-7-13(12)18-10-11(15)2/h4-7,11H,3,8-10H2,1-2H3/t11-/m0/s1. The zero-order valence-corrected chi connectivity index (χ0v) is 10.9. The van der Waals surface area contributed by atoms with E-state index >= 15 is 0 Å². The molecule has 98 valence electrons. The van der Waals surface area contributed by atoms with Crippen molar-refractivity contribution >= 4 is 5.97 Å². The summed E-state index contributed by atoms with van der Waals surface area (Å²) in [4.78, 5) is 13.7. The van der Waals surface area contributed by atoms with E-state index in [1.54, 1.807) is 0 Å². The highest BCUT2D eigenvalue weighted by atomic mass is 16.5. The van der Waals surface area contributed by atoms with Gasteiger partial charge in [0.15, 0.2) is 0 Å². The van der Waals surface area contributed by atoms with E-state index < -0.39 is 0 Å². The van der Waals surface area contributed by atoms with Gasteiger partial charge in [-0.3, -0.25) is 9.69 Å². The summed E-state index contributed by atoms with van der Waals surface area (Å²) in [5, 5.41) is 0. The van der Waals surface area contributed by atoms with Crippen molar-refractivity contribution in [2.24, 2.45) is 0 Å². The fraction of sp³-hybridized carbons (Fsp3) is 0.500. The van der Waals surface area contributed by atoms with Crippen molar-refractivity contribution in [2.45, 2.75) is 26.4 Å². The highest BCUT2D eigenvalue weighted by Crippen LogP contribution is 2.24. The molecule has 0 bridgehead atoms. The second-order valence-electron chi connectivity index (χ2n) is 4.48. The zero-order valence-electron chi connectivity index (χ0n) is 10.9. The molecule has 0 aliphatic carbocycles. The molecular weight excluding hydrogens is 230 g/mol. The van der Waals surface area contributed by atoms with Gasteiger partial charge in [-0.05, 0) is 19.9 Å². The lowest BCUT2D eigenvalue weighted by Crippen LogP contribution is -2.39. The van der Waals surface area contributed by atoms with Crippen LogP contribution in [0, 0.1) is 0 Å². The molecule has 1 aliphatic rings. The van der Waals surface area contributed by atoms with Gasteiger partial charge >= 0.3 is 5.97 Å². The number of rotatable bonds is 3. The molecule has 0 radical (unpaired) electrons. The lowest BCUT2D eigenvalue weighted by atomic mass is 10.2. The Labute approximate surface area is 107 Å². The minimum Gasteiger partial charge on any atom is -0.492 e. The maximum atomic E-state index is 11.6. The average molecular weight is 249 g/mol. The topological polar surface area (TPSA) is 38.8 Å². The maximum Gasteiger partial charge on any atom is 0.320 e. The van der Waals surface area contributed by atoms with Gasteiger partial charge in [0.25, 0.3) is 0 Å². The van der Waals surface area contributed by atoms with Gasteiger partial charge in [-0.25, -0.2) is 0 Å². The number of para-hydroxylation sites is 1. The first-order valence-electron chi connectivity index (χ1n) is 6.31. The maximum absolute atomic E-state index is 11.6. The van der Waals surface area contributed by atoms with Crippen molar-refractivity contribution in [3.63, 3.8) is 0 Å². The van der Waals surface area contributed by atoms with Crippen LogP contribution in [0.5, 0.6) is 5.75 Å². The van der Waals surface area contributed by atoms with E-state index in [4.69, 9.17) is 9.47 Å². The Morgan fingerprint density at radius 1 is 1.50 bits per heavy atom. The Kier molecular flexibility index (Phi) is 4.20. The number of nitrogens with zero attached hydrogens (tertiary/aromatic N) is 1. The van der Waals surface area contributed by atoms with Crippen LogP contribution in [0.15, 0.2) is 24.3 Å². The smallest absolute Gasteiger partial charge is 0.320 e. The molecule has 1 aromatic carbocycles. The lowest BCUT2D eigenvalue weighted by molar-refractivity contribution is -0.145. The lowest BCUT2D eigenvalue weighted by Gasteiger charge is -2.24. The van der Waals surface area contributed by atoms with E-state index in [0.29, 0.717) is 19.8 Å². The predicted octanol–water partition coefficient (Wildman–Crippen LogP) is 1.83. The SMILES string of the molecule is CCOC(=O)CN1Cc2ccccc2OC[C@@H]1C. The van der Waals surface area contributed by atoms with Crippen LogP contribution in [0.1, 0.15) is 19.4 Å². The number of hydrogen-bond acceptors (Lipinski definition) is 4. The van der Waals surface area contributed by atoms with E-state index in [1.807, 2.05) is 31.2 Å². The number of esters is 1. The molecule has 0 saturated heterocycles. The van der Waals surface area contributed by atoms with Crippen molar-refractivity contribution in [3.8, 4) is 5.75 Å². The average Bonchev–Trinajstić information content (AvgIpc) is 2.51. The molecule has 4 heteroatoms. The first kappa shape index (κ1) is 12.9. The normalized spacial score (nSPS) is 19.6.